The minimum atomic E-state index is -2.27. The summed E-state index contributed by atoms with van der Waals surface area (Å²) in [6.45, 7) is -0.536. The van der Waals surface area contributed by atoms with Crippen LogP contribution < -0.4 is 9.47 Å². The van der Waals surface area contributed by atoms with Gasteiger partial charge in [0.25, 0.3) is 0 Å². The maximum Gasteiger partial charge on any atom is 0.341 e. The molecular weight excluding hydrogens is 264 g/mol. The molecule has 0 saturated carbocycles. The van der Waals surface area contributed by atoms with Crippen molar-refractivity contribution < 1.29 is 21.7 Å². The van der Waals surface area contributed by atoms with Crippen molar-refractivity contribution in [1.29, 1.82) is 0 Å². The lowest BCUT2D eigenvalue weighted by Crippen LogP contribution is -2.03. The number of ether oxygens (including phenoxy) is 3. The van der Waals surface area contributed by atoms with Crippen molar-refractivity contribution in [3.8, 4) is 11.5 Å². The van der Waals surface area contributed by atoms with Crippen molar-refractivity contribution in [2.24, 2.45) is 0 Å². The lowest BCUT2D eigenvalue weighted by Gasteiger charge is -2.07. The van der Waals surface area contributed by atoms with E-state index in [-0.39, 0.29) is 17.1 Å². The average molecular weight is 275 g/mol. The van der Waals surface area contributed by atoms with Crippen molar-refractivity contribution >= 4 is 21.9 Å². The number of fused-ring (bicyclic) bond motifs is 1. The second kappa shape index (κ2) is 3.73. The van der Waals surface area contributed by atoms with E-state index >= 15 is 0 Å². The van der Waals surface area contributed by atoms with Crippen LogP contribution >= 0.6 is 15.9 Å². The first-order valence-electron chi connectivity index (χ1n) is 5.15. The molecule has 2 rings (SSSR count). The molecule has 0 atom stereocenters. The SMILES string of the molecule is [2H]C1([2H])Oc2c(C(=O)OC)cc(Br)c(C)c2O1. The van der Waals surface area contributed by atoms with Crippen LogP contribution in [0.15, 0.2) is 10.5 Å². The van der Waals surface area contributed by atoms with E-state index < -0.39 is 12.7 Å². The Hall–Kier alpha value is -1.23. The largest absolute Gasteiger partial charge is 0.465 e. The van der Waals surface area contributed by atoms with E-state index in [1.807, 2.05) is 0 Å². The number of carbonyl (C=O) groups excluding carboxylic acids is 1. The molecule has 1 aliphatic heterocycles. The zero-order valence-corrected chi connectivity index (χ0v) is 9.67. The van der Waals surface area contributed by atoms with Crippen molar-refractivity contribution in [3.63, 3.8) is 0 Å². The second-order valence-electron chi connectivity index (χ2n) is 2.97. The predicted octanol–water partition coefficient (Wildman–Crippen LogP) is 2.27. The Labute approximate surface area is 98.1 Å². The van der Waals surface area contributed by atoms with Crippen LogP contribution in [0.2, 0.25) is 0 Å². The molecule has 15 heavy (non-hydrogen) atoms. The Morgan fingerprint density at radius 3 is 2.93 bits per heavy atom. The van der Waals surface area contributed by atoms with Crippen LogP contribution in [-0.4, -0.2) is 19.8 Å². The summed E-state index contributed by atoms with van der Waals surface area (Å²) < 4.78 is 30.0. The molecule has 0 fully saturated rings. The Balaban J connectivity index is 2.63. The van der Waals surface area contributed by atoms with Gasteiger partial charge in [0.1, 0.15) is 8.30 Å². The lowest BCUT2D eigenvalue weighted by molar-refractivity contribution is 0.0596. The highest BCUT2D eigenvalue weighted by Gasteiger charge is 2.26. The maximum atomic E-state index is 11.5. The molecule has 0 bridgehead atoms. The van der Waals surface area contributed by atoms with Gasteiger partial charge in [-0.3, -0.25) is 0 Å². The van der Waals surface area contributed by atoms with Crippen molar-refractivity contribution in [2.75, 3.05) is 13.9 Å². The topological polar surface area (TPSA) is 44.8 Å². The van der Waals surface area contributed by atoms with Crippen LogP contribution in [0.25, 0.3) is 0 Å². The summed E-state index contributed by atoms with van der Waals surface area (Å²) in [4.78, 5) is 11.5. The third-order valence-electron chi connectivity index (χ3n) is 2.11. The molecule has 0 unspecified atom stereocenters. The highest BCUT2D eigenvalue weighted by atomic mass is 79.9. The van der Waals surface area contributed by atoms with Crippen LogP contribution in [0.1, 0.15) is 18.7 Å². The maximum absolute atomic E-state index is 11.5. The number of hydrogen-bond acceptors (Lipinski definition) is 4. The highest BCUT2D eigenvalue weighted by Crippen LogP contribution is 2.42. The molecule has 1 aromatic rings. The van der Waals surface area contributed by atoms with Crippen molar-refractivity contribution in [3.05, 3.63) is 21.7 Å². The normalized spacial score (nSPS) is 18.1. The molecule has 1 heterocycles. The fourth-order valence-corrected chi connectivity index (χ4v) is 1.70. The summed E-state index contributed by atoms with van der Waals surface area (Å²) in [5.41, 5.74) is 0.787. The number of esters is 1. The first kappa shape index (κ1) is 7.98. The predicted molar refractivity (Wildman–Crippen MR) is 56.3 cm³/mol. The number of hydrogen-bond donors (Lipinski definition) is 0. The van der Waals surface area contributed by atoms with Gasteiger partial charge in [0.05, 0.1) is 7.11 Å². The summed E-state index contributed by atoms with van der Waals surface area (Å²) in [5, 5.41) is 0. The minimum Gasteiger partial charge on any atom is -0.465 e. The molecule has 1 aromatic carbocycles. The Morgan fingerprint density at radius 2 is 2.27 bits per heavy atom. The number of carbonyl (C=O) groups is 1. The number of rotatable bonds is 1. The minimum absolute atomic E-state index is 0.0718. The summed E-state index contributed by atoms with van der Waals surface area (Å²) in [6.07, 6.45) is 0. The fraction of sp³-hybridized carbons (Fsp3) is 0.300. The van der Waals surface area contributed by atoms with Crippen LogP contribution in [-0.2, 0) is 4.74 Å². The Bertz CT molecular complexity index is 502. The molecule has 0 amide bonds. The highest BCUT2D eigenvalue weighted by molar-refractivity contribution is 9.10. The van der Waals surface area contributed by atoms with Crippen molar-refractivity contribution in [2.45, 2.75) is 6.92 Å². The molecule has 4 nitrogen and oxygen atoms in total. The van der Waals surface area contributed by atoms with Gasteiger partial charge in [-0.15, -0.1) is 0 Å². The van der Waals surface area contributed by atoms with E-state index in [1.54, 1.807) is 6.92 Å². The molecule has 80 valence electrons. The zero-order valence-electron chi connectivity index (χ0n) is 10.1. The molecule has 0 N–H and O–H groups in total. The zero-order chi connectivity index (χ0) is 12.8. The molecule has 0 aliphatic carbocycles. The lowest BCUT2D eigenvalue weighted by atomic mass is 10.1. The van der Waals surface area contributed by atoms with Gasteiger partial charge in [-0.25, -0.2) is 4.79 Å². The van der Waals surface area contributed by atoms with Crippen LogP contribution in [0.5, 0.6) is 11.5 Å². The van der Waals surface area contributed by atoms with Gasteiger partial charge in [0.15, 0.2) is 11.5 Å². The first-order valence-corrected chi connectivity index (χ1v) is 4.94. The van der Waals surface area contributed by atoms with Gasteiger partial charge in [-0.2, -0.15) is 0 Å². The molecule has 0 aromatic heterocycles. The molecular formula is C10H9BrO4. The van der Waals surface area contributed by atoms with Gasteiger partial charge in [0.2, 0.25) is 6.75 Å². The summed E-state index contributed by atoms with van der Waals surface area (Å²) in [7, 11) is 1.24. The summed E-state index contributed by atoms with van der Waals surface area (Å²) in [6, 6.07) is 1.52. The third-order valence-corrected chi connectivity index (χ3v) is 2.94. The number of methoxy groups -OCH3 is 1. The molecule has 0 saturated heterocycles. The summed E-state index contributed by atoms with van der Waals surface area (Å²) in [5.74, 6) is -0.324. The Kier molecular flexibility index (Phi) is 1.99. The smallest absolute Gasteiger partial charge is 0.341 e. The van der Waals surface area contributed by atoms with E-state index in [9.17, 15) is 4.79 Å². The quantitative estimate of drug-likeness (QED) is 0.737. The van der Waals surface area contributed by atoms with Gasteiger partial charge in [-0.1, -0.05) is 15.9 Å². The van der Waals surface area contributed by atoms with Crippen molar-refractivity contribution in [1.82, 2.24) is 0 Å². The average Bonchev–Trinajstić information content (AvgIpc) is 2.58. The molecule has 1 aliphatic rings. The Morgan fingerprint density at radius 1 is 1.60 bits per heavy atom. The van der Waals surface area contributed by atoms with Gasteiger partial charge >= 0.3 is 5.97 Å². The van der Waals surface area contributed by atoms with Crippen LogP contribution in [0.3, 0.4) is 0 Å². The van der Waals surface area contributed by atoms with E-state index in [1.165, 1.54) is 13.2 Å². The van der Waals surface area contributed by atoms with E-state index in [0.717, 1.165) is 0 Å². The second-order valence-corrected chi connectivity index (χ2v) is 3.82. The monoisotopic (exact) mass is 274 g/mol. The summed E-state index contributed by atoms with van der Waals surface area (Å²) >= 11 is 3.27. The standard InChI is InChI=1S/C10H9BrO4/c1-5-7(11)3-6(10(12)13-2)9-8(5)14-4-15-9/h3H,4H2,1-2H3/i4D2. The van der Waals surface area contributed by atoms with Crippen LogP contribution in [0.4, 0.5) is 0 Å². The first-order chi connectivity index (χ1) is 7.85. The van der Waals surface area contributed by atoms with Gasteiger partial charge in [0, 0.05) is 10.0 Å². The van der Waals surface area contributed by atoms with Gasteiger partial charge < -0.3 is 14.2 Å². The third kappa shape index (κ3) is 1.56. The molecule has 0 spiro atoms. The van der Waals surface area contributed by atoms with E-state index in [2.05, 4.69) is 20.7 Å². The fourth-order valence-electron chi connectivity index (χ4n) is 1.29. The number of halogens is 1. The molecule has 0 radical (unpaired) electrons. The van der Waals surface area contributed by atoms with E-state index in [4.69, 9.17) is 12.2 Å². The number of benzene rings is 1. The van der Waals surface area contributed by atoms with Gasteiger partial charge in [-0.05, 0) is 13.0 Å². The van der Waals surface area contributed by atoms with E-state index in [0.29, 0.717) is 10.0 Å². The van der Waals surface area contributed by atoms with Crippen LogP contribution in [0, 0.1) is 6.92 Å². The molecule has 5 heteroatoms.